The number of hydrogen-bond donors (Lipinski definition) is 1. The summed E-state index contributed by atoms with van der Waals surface area (Å²) in [5.74, 6) is -0.230. The van der Waals surface area contributed by atoms with Crippen LogP contribution in [0, 0.1) is 6.92 Å². The highest BCUT2D eigenvalue weighted by Crippen LogP contribution is 2.29. The van der Waals surface area contributed by atoms with E-state index < -0.39 is 21.3 Å². The number of benzene rings is 2. The van der Waals surface area contributed by atoms with Gasteiger partial charge >= 0.3 is 0 Å². The highest BCUT2D eigenvalue weighted by Gasteiger charge is 2.42. The second-order valence-corrected chi connectivity index (χ2v) is 8.52. The van der Waals surface area contributed by atoms with Gasteiger partial charge in [0.15, 0.2) is 9.84 Å². The molecule has 1 N–H and O–H groups in total. The lowest BCUT2D eigenvalue weighted by Crippen LogP contribution is -2.53. The third kappa shape index (κ3) is 3.60. The molecule has 1 heterocycles. The number of hydrogen-bond acceptors (Lipinski definition) is 4. The predicted octanol–water partition coefficient (Wildman–Crippen LogP) is 2.28. The first-order chi connectivity index (χ1) is 11.9. The third-order valence-corrected chi connectivity index (χ3v) is 6.76. The first-order valence-corrected chi connectivity index (χ1v) is 9.76. The maximum absolute atomic E-state index is 12.9. The Hall–Kier alpha value is -2.18. The topological polar surface area (TPSA) is 74.7 Å². The fourth-order valence-corrected chi connectivity index (χ4v) is 4.85. The van der Waals surface area contributed by atoms with E-state index in [2.05, 4.69) is 0 Å². The summed E-state index contributed by atoms with van der Waals surface area (Å²) in [5, 5.41) is 9.62. The summed E-state index contributed by atoms with van der Waals surface area (Å²) in [6.07, 6.45) is -1.12. The first-order valence-electron chi connectivity index (χ1n) is 8.21. The molecule has 0 saturated carbocycles. The van der Waals surface area contributed by atoms with Crippen LogP contribution in [0.3, 0.4) is 0 Å². The lowest BCUT2D eigenvalue weighted by Gasteiger charge is -2.37. The van der Waals surface area contributed by atoms with Gasteiger partial charge < -0.3 is 10.0 Å². The van der Waals surface area contributed by atoms with Crippen LogP contribution in [-0.4, -0.2) is 35.8 Å². The number of amides is 1. The molecule has 1 saturated heterocycles. The molecule has 2 unspecified atom stereocenters. The molecular formula is C19H21NO4S. The Morgan fingerprint density at radius 3 is 2.36 bits per heavy atom. The predicted molar refractivity (Wildman–Crippen MR) is 94.4 cm³/mol. The Balaban J connectivity index is 1.87. The molecule has 3 rings (SSSR count). The fourth-order valence-electron chi connectivity index (χ4n) is 3.09. The molecule has 2 atom stereocenters. The minimum atomic E-state index is -3.72. The van der Waals surface area contributed by atoms with E-state index in [1.807, 2.05) is 37.3 Å². The first kappa shape index (κ1) is 17.6. The van der Waals surface area contributed by atoms with Gasteiger partial charge in [0.2, 0.25) is 5.91 Å². The molecule has 1 amide bonds. The van der Waals surface area contributed by atoms with Gasteiger partial charge in [0.25, 0.3) is 0 Å². The van der Waals surface area contributed by atoms with Crippen molar-refractivity contribution < 1.29 is 18.3 Å². The summed E-state index contributed by atoms with van der Waals surface area (Å²) < 4.78 is 25.8. The van der Waals surface area contributed by atoms with E-state index in [1.54, 1.807) is 24.3 Å². The zero-order valence-electron chi connectivity index (χ0n) is 14.0. The molecule has 25 heavy (non-hydrogen) atoms. The summed E-state index contributed by atoms with van der Waals surface area (Å²) in [7, 11) is -3.72. The van der Waals surface area contributed by atoms with Crippen molar-refractivity contribution in [2.75, 3.05) is 0 Å². The Morgan fingerprint density at radius 2 is 1.72 bits per heavy atom. The SMILES string of the molecule is Cc1ccc(S(=O)(=O)C2CCC(=O)N(Cc3ccccc3)C2O)cc1. The summed E-state index contributed by atoms with van der Waals surface area (Å²) in [4.78, 5) is 13.7. The number of piperidine rings is 1. The molecular weight excluding hydrogens is 338 g/mol. The molecule has 0 bridgehead atoms. The van der Waals surface area contributed by atoms with Crippen LogP contribution in [0.2, 0.25) is 0 Å². The molecule has 1 fully saturated rings. The molecule has 132 valence electrons. The van der Waals surface area contributed by atoms with Crippen molar-refractivity contribution in [1.29, 1.82) is 0 Å². The highest BCUT2D eigenvalue weighted by atomic mass is 32.2. The van der Waals surface area contributed by atoms with Gasteiger partial charge in [0, 0.05) is 13.0 Å². The Morgan fingerprint density at radius 1 is 1.08 bits per heavy atom. The Labute approximate surface area is 147 Å². The van der Waals surface area contributed by atoms with Crippen LogP contribution in [0.5, 0.6) is 0 Å². The monoisotopic (exact) mass is 359 g/mol. The van der Waals surface area contributed by atoms with E-state index in [0.29, 0.717) is 0 Å². The van der Waals surface area contributed by atoms with Crippen molar-refractivity contribution >= 4 is 15.7 Å². The van der Waals surface area contributed by atoms with E-state index in [9.17, 15) is 18.3 Å². The summed E-state index contributed by atoms with van der Waals surface area (Å²) >= 11 is 0. The van der Waals surface area contributed by atoms with E-state index in [0.717, 1.165) is 11.1 Å². The van der Waals surface area contributed by atoms with Crippen molar-refractivity contribution in [2.24, 2.45) is 0 Å². The van der Waals surface area contributed by atoms with Crippen LogP contribution < -0.4 is 0 Å². The lowest BCUT2D eigenvalue weighted by atomic mass is 10.1. The van der Waals surface area contributed by atoms with Crippen molar-refractivity contribution in [1.82, 2.24) is 4.90 Å². The number of nitrogens with zero attached hydrogens (tertiary/aromatic N) is 1. The van der Waals surface area contributed by atoms with Gasteiger partial charge in [-0.15, -0.1) is 0 Å². The van der Waals surface area contributed by atoms with Crippen LogP contribution in [-0.2, 0) is 21.2 Å². The molecule has 0 radical (unpaired) electrons. The van der Waals surface area contributed by atoms with E-state index in [1.165, 1.54) is 4.90 Å². The molecule has 1 aliphatic rings. The van der Waals surface area contributed by atoms with Gasteiger partial charge in [-0.1, -0.05) is 48.0 Å². The van der Waals surface area contributed by atoms with Gasteiger partial charge in [-0.05, 0) is 31.0 Å². The van der Waals surface area contributed by atoms with E-state index in [4.69, 9.17) is 0 Å². The largest absolute Gasteiger partial charge is 0.372 e. The van der Waals surface area contributed by atoms with Gasteiger partial charge in [-0.25, -0.2) is 8.42 Å². The van der Waals surface area contributed by atoms with Gasteiger partial charge in [-0.2, -0.15) is 0 Å². The van der Waals surface area contributed by atoms with Crippen LogP contribution >= 0.6 is 0 Å². The Bertz CT molecular complexity index is 847. The number of aryl methyl sites for hydroxylation is 1. The van der Waals surface area contributed by atoms with Crippen LogP contribution in [0.4, 0.5) is 0 Å². The summed E-state index contributed by atoms with van der Waals surface area (Å²) in [6.45, 7) is 2.08. The lowest BCUT2D eigenvalue weighted by molar-refractivity contribution is -0.147. The zero-order chi connectivity index (χ0) is 18.0. The maximum atomic E-state index is 12.9. The van der Waals surface area contributed by atoms with Crippen LogP contribution in [0.15, 0.2) is 59.5 Å². The number of sulfone groups is 1. The minimum absolute atomic E-state index is 0.111. The summed E-state index contributed by atoms with van der Waals surface area (Å²) in [5.41, 5.74) is 1.81. The molecule has 0 aromatic heterocycles. The van der Waals surface area contributed by atoms with Gasteiger partial charge in [0.05, 0.1) is 4.90 Å². The maximum Gasteiger partial charge on any atom is 0.224 e. The fraction of sp³-hybridized carbons (Fsp3) is 0.316. The second-order valence-electron chi connectivity index (χ2n) is 6.36. The van der Waals surface area contributed by atoms with Crippen molar-refractivity contribution in [3.63, 3.8) is 0 Å². The smallest absolute Gasteiger partial charge is 0.224 e. The average Bonchev–Trinajstić information content (AvgIpc) is 2.59. The quantitative estimate of drug-likeness (QED) is 0.909. The average molecular weight is 359 g/mol. The summed E-state index contributed by atoms with van der Waals surface area (Å²) in [6, 6.07) is 15.8. The molecule has 0 spiro atoms. The molecule has 6 heteroatoms. The van der Waals surface area contributed by atoms with Crippen molar-refractivity contribution in [2.45, 2.75) is 42.7 Å². The molecule has 1 aliphatic heterocycles. The number of aliphatic hydroxyl groups excluding tert-OH is 1. The van der Waals surface area contributed by atoms with Gasteiger partial charge in [0.1, 0.15) is 11.5 Å². The number of carbonyl (C=O) groups is 1. The van der Waals surface area contributed by atoms with E-state index >= 15 is 0 Å². The van der Waals surface area contributed by atoms with Crippen molar-refractivity contribution in [3.8, 4) is 0 Å². The second kappa shape index (κ2) is 6.98. The highest BCUT2D eigenvalue weighted by molar-refractivity contribution is 7.92. The number of aliphatic hydroxyl groups is 1. The van der Waals surface area contributed by atoms with Crippen LogP contribution in [0.25, 0.3) is 0 Å². The van der Waals surface area contributed by atoms with Crippen LogP contribution in [0.1, 0.15) is 24.0 Å². The molecule has 2 aromatic rings. The van der Waals surface area contributed by atoms with Crippen molar-refractivity contribution in [3.05, 3.63) is 65.7 Å². The standard InChI is InChI=1S/C19H21NO4S/c1-14-7-9-16(10-8-14)25(23,24)17-11-12-18(21)20(19(17)22)13-15-5-3-2-4-6-15/h2-10,17,19,22H,11-13H2,1H3. The number of carbonyl (C=O) groups excluding carboxylic acids is 1. The Kier molecular flexibility index (Phi) is 4.92. The van der Waals surface area contributed by atoms with E-state index in [-0.39, 0.29) is 30.2 Å². The minimum Gasteiger partial charge on any atom is -0.372 e. The van der Waals surface area contributed by atoms with Gasteiger partial charge in [-0.3, -0.25) is 4.79 Å². The number of likely N-dealkylation sites (tertiary alicyclic amines) is 1. The molecule has 2 aromatic carbocycles. The zero-order valence-corrected chi connectivity index (χ0v) is 14.8. The normalized spacial score (nSPS) is 21.4. The molecule has 5 nitrogen and oxygen atoms in total. The number of rotatable bonds is 4. The third-order valence-electron chi connectivity index (χ3n) is 4.56. The molecule has 0 aliphatic carbocycles.